The zero-order chi connectivity index (χ0) is 29.6. The third-order valence-electron chi connectivity index (χ3n) is 11.7. The molecule has 6 nitrogen and oxygen atoms in total. The molecule has 4 aliphatic rings. The summed E-state index contributed by atoms with van der Waals surface area (Å²) in [4.78, 5) is 11.3. The Morgan fingerprint density at radius 3 is 2.57 bits per heavy atom. The van der Waals surface area contributed by atoms with Crippen molar-refractivity contribution in [1.82, 2.24) is 3.92 Å². The Kier molecular flexibility index (Phi) is 8.52. The van der Waals surface area contributed by atoms with E-state index in [1.807, 2.05) is 18.2 Å². The van der Waals surface area contributed by atoms with Gasteiger partial charge in [0, 0.05) is 0 Å². The van der Waals surface area contributed by atoms with Gasteiger partial charge in [-0.25, -0.2) is 0 Å². The van der Waals surface area contributed by atoms with E-state index in [-0.39, 0.29) is 42.8 Å². The number of benzene rings is 2. The minimum atomic E-state index is -0.222. The van der Waals surface area contributed by atoms with Crippen molar-refractivity contribution in [1.29, 1.82) is 0 Å². The van der Waals surface area contributed by atoms with Crippen LogP contribution < -0.4 is 4.46 Å². The Bertz CT molecular complexity index is 1310. The van der Waals surface area contributed by atoms with E-state index in [9.17, 15) is 20.3 Å². The van der Waals surface area contributed by atoms with Crippen molar-refractivity contribution in [2.45, 2.75) is 115 Å². The number of nitro benzene ring substituents is 1. The molecule has 6 atom stereocenters. The average Bonchev–Trinajstić information content (AvgIpc) is 3.40. The van der Waals surface area contributed by atoms with Crippen LogP contribution >= 0.6 is 0 Å². The molecule has 6 unspecified atom stereocenters. The van der Waals surface area contributed by atoms with Crippen molar-refractivity contribution < 1.29 is 15.1 Å². The number of hydrogen-bond acceptors (Lipinski definition) is 5. The maximum atomic E-state index is 11.6. The van der Waals surface area contributed by atoms with Crippen LogP contribution in [0.1, 0.15) is 114 Å². The molecule has 2 N–H and O–H groups in total. The minimum absolute atomic E-state index is 0.000315. The molecule has 2 fully saturated rings. The molecule has 2 aromatic rings. The molecule has 0 bridgehead atoms. The van der Waals surface area contributed by atoms with Gasteiger partial charge < -0.3 is 10.2 Å². The van der Waals surface area contributed by atoms with Crippen molar-refractivity contribution in [3.8, 4) is 5.75 Å². The zero-order valence-electron chi connectivity index (χ0n) is 25.6. The average molecular weight is 640 g/mol. The molecule has 228 valence electrons. The van der Waals surface area contributed by atoms with Gasteiger partial charge in [-0.3, -0.25) is 0 Å². The summed E-state index contributed by atoms with van der Waals surface area (Å²) in [6.07, 6.45) is 14.0. The summed E-state index contributed by atoms with van der Waals surface area (Å²) < 4.78 is 3.43. The molecular formula is C35H48N2O4Se. The van der Waals surface area contributed by atoms with Crippen LogP contribution in [0.15, 0.2) is 36.4 Å². The number of rotatable bonds is 10. The van der Waals surface area contributed by atoms with Crippen LogP contribution in [0.4, 0.5) is 5.69 Å². The van der Waals surface area contributed by atoms with Crippen molar-refractivity contribution >= 4 is 25.3 Å². The normalized spacial score (nSPS) is 31.3. The van der Waals surface area contributed by atoms with E-state index in [1.165, 1.54) is 49.7 Å². The van der Waals surface area contributed by atoms with Crippen molar-refractivity contribution in [2.75, 3.05) is 6.54 Å². The smallest absolute Gasteiger partial charge is 0.393 e. The van der Waals surface area contributed by atoms with Gasteiger partial charge in [-0.2, -0.15) is 0 Å². The number of hydrogen-bond donors (Lipinski definition) is 2. The number of unbranched alkanes of at least 4 members (excludes halogenated alkanes) is 5. The number of fused-ring (bicyclic) bond motifs is 6. The van der Waals surface area contributed by atoms with Gasteiger partial charge in [0.1, 0.15) is 5.75 Å². The first-order valence-corrected chi connectivity index (χ1v) is 18.0. The van der Waals surface area contributed by atoms with E-state index in [1.54, 1.807) is 6.07 Å². The Morgan fingerprint density at radius 1 is 1.02 bits per heavy atom. The third kappa shape index (κ3) is 5.33. The second-order valence-electron chi connectivity index (χ2n) is 14.3. The first kappa shape index (κ1) is 30.1. The van der Waals surface area contributed by atoms with E-state index in [2.05, 4.69) is 36.8 Å². The molecule has 6 rings (SSSR count). The van der Waals surface area contributed by atoms with Crippen LogP contribution in [0.2, 0.25) is 0 Å². The van der Waals surface area contributed by atoms with E-state index in [0.717, 1.165) is 55.1 Å². The molecule has 0 spiro atoms. The van der Waals surface area contributed by atoms with Crippen molar-refractivity contribution in [3.63, 3.8) is 0 Å². The molecule has 0 amide bonds. The van der Waals surface area contributed by atoms with Crippen LogP contribution in [-0.4, -0.2) is 46.9 Å². The summed E-state index contributed by atoms with van der Waals surface area (Å²) in [5.41, 5.74) is 4.18. The van der Waals surface area contributed by atoms with E-state index in [4.69, 9.17) is 0 Å². The second kappa shape index (κ2) is 11.9. The fourth-order valence-corrected chi connectivity index (χ4v) is 12.3. The van der Waals surface area contributed by atoms with Gasteiger partial charge in [-0.15, -0.1) is 0 Å². The van der Waals surface area contributed by atoms with E-state index < -0.39 is 0 Å². The Hall–Kier alpha value is -1.92. The molecule has 2 aromatic carbocycles. The number of nitrogens with zero attached hydrogens (tertiary/aromatic N) is 2. The molecular weight excluding hydrogens is 591 g/mol. The Labute approximate surface area is 257 Å². The van der Waals surface area contributed by atoms with Crippen LogP contribution in [0.25, 0.3) is 0 Å². The third-order valence-corrected chi connectivity index (χ3v) is 14.8. The maximum absolute atomic E-state index is 11.6. The summed E-state index contributed by atoms with van der Waals surface area (Å²) in [6.45, 7) is 7.78. The van der Waals surface area contributed by atoms with Crippen LogP contribution in [0, 0.1) is 33.3 Å². The number of phenolic OH excluding ortho intramolecular Hbond substituents is 1. The molecule has 1 aliphatic heterocycles. The zero-order valence-corrected chi connectivity index (χ0v) is 27.3. The molecule has 0 radical (unpaired) electrons. The van der Waals surface area contributed by atoms with Gasteiger partial charge in [0.05, 0.1) is 6.10 Å². The molecule has 0 saturated heterocycles. The number of aliphatic hydroxyl groups is 1. The molecule has 2 saturated carbocycles. The predicted octanol–water partition coefficient (Wildman–Crippen LogP) is 6.97. The molecule has 3 aliphatic carbocycles. The number of phenols is 1. The Balaban J connectivity index is 0.989. The van der Waals surface area contributed by atoms with Crippen LogP contribution in [0.3, 0.4) is 0 Å². The fraction of sp³-hybridized carbons (Fsp3) is 0.657. The topological polar surface area (TPSA) is 86.8 Å². The quantitative estimate of drug-likeness (QED) is 0.127. The van der Waals surface area contributed by atoms with Crippen LogP contribution in [0.5, 0.6) is 5.75 Å². The van der Waals surface area contributed by atoms with Gasteiger partial charge in [0.15, 0.2) is 0 Å². The van der Waals surface area contributed by atoms with Gasteiger partial charge in [-0.05, 0) is 48.8 Å². The Morgan fingerprint density at radius 2 is 1.79 bits per heavy atom. The predicted molar refractivity (Wildman–Crippen MR) is 168 cm³/mol. The van der Waals surface area contributed by atoms with E-state index >= 15 is 0 Å². The summed E-state index contributed by atoms with van der Waals surface area (Å²) in [5.74, 6) is 2.88. The van der Waals surface area contributed by atoms with Gasteiger partial charge >= 0.3 is 175 Å². The van der Waals surface area contributed by atoms with Crippen LogP contribution in [-0.2, 0) is 12.0 Å². The molecule has 1 heterocycles. The first-order chi connectivity index (χ1) is 20.1. The molecule has 0 aromatic heterocycles. The first-order valence-electron chi connectivity index (χ1n) is 16.3. The minimum Gasteiger partial charge on any atom is -0.393 e. The number of aromatic hydroxyl groups is 1. The van der Waals surface area contributed by atoms with Gasteiger partial charge in [-0.1, -0.05) is 13.0 Å². The second-order valence-corrected chi connectivity index (χ2v) is 16.5. The van der Waals surface area contributed by atoms with E-state index in [0.29, 0.717) is 29.4 Å². The van der Waals surface area contributed by atoms with Crippen molar-refractivity contribution in [3.05, 3.63) is 63.2 Å². The summed E-state index contributed by atoms with van der Waals surface area (Å²) in [7, 11) is 0. The van der Waals surface area contributed by atoms with Gasteiger partial charge in [0.25, 0.3) is 0 Å². The van der Waals surface area contributed by atoms with Gasteiger partial charge in [0.2, 0.25) is 0 Å². The number of aliphatic hydroxyl groups excluding tert-OH is 1. The SMILES string of the molecule is CC12CCC3c4ccc(O)cc4CC(CCCCCCCCN4[Se]c5c([N+](=O)[O-])cccc5C4(C)C)C3C1CCC2O. The molecule has 42 heavy (non-hydrogen) atoms. The summed E-state index contributed by atoms with van der Waals surface area (Å²) >= 11 is 0.000315. The number of nitro groups is 1. The summed E-state index contributed by atoms with van der Waals surface area (Å²) in [6, 6.07) is 11.6. The monoisotopic (exact) mass is 640 g/mol. The van der Waals surface area contributed by atoms with Crippen molar-refractivity contribution in [2.24, 2.45) is 23.2 Å². The molecule has 7 heteroatoms. The standard InChI is InChI=1S/C35H48N2O4Se/c1-34(2)29-12-10-13-30(37(40)41)33(29)42-36(34)20-9-7-5-4-6-8-11-23-21-24-22-25(38)14-15-26(24)27-18-19-35(3)28(32(23)27)16-17-31(35)39/h10,12-15,22-23,27-28,31-32,38-39H,4-9,11,16-21H2,1-3H3. The summed E-state index contributed by atoms with van der Waals surface area (Å²) in [5, 5.41) is 32.7. The fourth-order valence-electron chi connectivity index (χ4n) is 9.33.